The number of aliphatic hydroxyl groups is 4. The summed E-state index contributed by atoms with van der Waals surface area (Å²) in [6.07, 6.45) is -15.6. The molecule has 17 heteroatoms. The highest BCUT2D eigenvalue weighted by Crippen LogP contribution is 2.39. The molecule has 0 bridgehead atoms. The third-order valence-corrected chi connectivity index (χ3v) is 8.58. The number of carbonyl (C=O) groups excluding carboxylic acids is 2. The zero-order valence-electron chi connectivity index (χ0n) is 28.9. The van der Waals surface area contributed by atoms with Crippen LogP contribution in [0.25, 0.3) is 22.3 Å². The summed E-state index contributed by atoms with van der Waals surface area (Å²) >= 11 is 0. The number of ketones is 1. The van der Waals surface area contributed by atoms with E-state index in [1.54, 1.807) is 13.8 Å². The van der Waals surface area contributed by atoms with Crippen LogP contribution in [-0.2, 0) is 33.3 Å². The Kier molecular flexibility index (Phi) is 11.5. The lowest BCUT2D eigenvalue weighted by atomic mass is 9.95. The van der Waals surface area contributed by atoms with Crippen LogP contribution < -0.4 is 10.2 Å². The highest BCUT2D eigenvalue weighted by atomic mass is 16.7. The van der Waals surface area contributed by atoms with Gasteiger partial charge in [-0.25, -0.2) is 0 Å². The van der Waals surface area contributed by atoms with Gasteiger partial charge in [0, 0.05) is 31.0 Å². The number of benzene rings is 2. The molecule has 0 radical (unpaired) electrons. The molecule has 0 aliphatic carbocycles. The van der Waals surface area contributed by atoms with Gasteiger partial charge in [-0.15, -0.1) is 0 Å². The molecule has 2 fully saturated rings. The first-order chi connectivity index (χ1) is 24.4. The fourth-order valence-corrected chi connectivity index (χ4v) is 6.36. The molecule has 10 atom stereocenters. The lowest BCUT2D eigenvalue weighted by molar-refractivity contribution is -0.358. The van der Waals surface area contributed by atoms with Crippen molar-refractivity contribution in [2.45, 2.75) is 108 Å². The summed E-state index contributed by atoms with van der Waals surface area (Å²) in [7, 11) is 0. The van der Waals surface area contributed by atoms with Crippen LogP contribution in [0.15, 0.2) is 45.6 Å². The Morgan fingerprint density at radius 3 is 2.13 bits per heavy atom. The Balaban J connectivity index is 1.55. The lowest BCUT2D eigenvalue weighted by Gasteiger charge is -2.48. The van der Waals surface area contributed by atoms with E-state index in [1.165, 1.54) is 38.1 Å². The van der Waals surface area contributed by atoms with E-state index >= 15 is 0 Å². The van der Waals surface area contributed by atoms with Crippen LogP contribution in [0, 0.1) is 0 Å². The number of phenolic OH excluding ortho intramolecular Hbond substituents is 3. The third kappa shape index (κ3) is 8.16. The molecule has 52 heavy (non-hydrogen) atoms. The van der Waals surface area contributed by atoms with Gasteiger partial charge < -0.3 is 68.6 Å². The number of esters is 1. The minimum Gasteiger partial charge on any atom is -0.508 e. The van der Waals surface area contributed by atoms with Crippen LogP contribution in [-0.4, -0.2) is 121 Å². The summed E-state index contributed by atoms with van der Waals surface area (Å²) in [6, 6.07) is 7.47. The number of hydrogen-bond donors (Lipinski definition) is 7. The molecule has 2 aliphatic heterocycles. The van der Waals surface area contributed by atoms with E-state index in [0.717, 1.165) is 19.1 Å². The van der Waals surface area contributed by atoms with Crippen molar-refractivity contribution in [3.63, 3.8) is 0 Å². The molecule has 0 amide bonds. The number of aromatic hydroxyl groups is 3. The average Bonchev–Trinajstić information content (AvgIpc) is 3.04. The molecule has 3 aromatic rings. The van der Waals surface area contributed by atoms with Gasteiger partial charge in [-0.2, -0.15) is 0 Å². The Labute approximate surface area is 296 Å². The van der Waals surface area contributed by atoms with Gasteiger partial charge in [0.2, 0.25) is 17.5 Å². The maximum atomic E-state index is 13.9. The topological polar surface area (TPSA) is 261 Å². The Bertz CT molecular complexity index is 1820. The lowest BCUT2D eigenvalue weighted by Crippen LogP contribution is -2.65. The minimum atomic E-state index is -1.83. The molecule has 17 nitrogen and oxygen atoms in total. The molecule has 0 spiro atoms. The number of hydrogen-bond acceptors (Lipinski definition) is 17. The van der Waals surface area contributed by atoms with Crippen molar-refractivity contribution in [2.24, 2.45) is 0 Å². The number of fused-ring (bicyclic) bond motifs is 1. The first-order valence-electron chi connectivity index (χ1n) is 16.4. The molecule has 2 aromatic carbocycles. The molecule has 0 saturated carbocycles. The second kappa shape index (κ2) is 15.3. The van der Waals surface area contributed by atoms with Crippen molar-refractivity contribution >= 4 is 22.7 Å². The summed E-state index contributed by atoms with van der Waals surface area (Å²) in [5, 5.41) is 73.5. The van der Waals surface area contributed by atoms with E-state index in [1.807, 2.05) is 0 Å². The monoisotopic (exact) mass is 734 g/mol. The summed E-state index contributed by atoms with van der Waals surface area (Å²) in [5.41, 5.74) is -2.15. The molecule has 0 unspecified atom stereocenters. The van der Waals surface area contributed by atoms with E-state index in [2.05, 4.69) is 0 Å². The highest BCUT2D eigenvalue weighted by Gasteiger charge is 2.53. The predicted molar refractivity (Wildman–Crippen MR) is 176 cm³/mol. The van der Waals surface area contributed by atoms with Gasteiger partial charge in [-0.05, 0) is 52.0 Å². The van der Waals surface area contributed by atoms with E-state index in [9.17, 15) is 50.1 Å². The number of rotatable bonds is 11. The Morgan fingerprint density at radius 1 is 0.865 bits per heavy atom. The molecule has 3 heterocycles. The van der Waals surface area contributed by atoms with E-state index in [4.69, 9.17) is 32.8 Å². The predicted octanol–water partition coefficient (Wildman–Crippen LogP) is 0.960. The molecule has 5 rings (SSSR count). The van der Waals surface area contributed by atoms with Crippen LogP contribution in [0.4, 0.5) is 0 Å². The van der Waals surface area contributed by atoms with E-state index < -0.39 is 102 Å². The molecule has 284 valence electrons. The fourth-order valence-electron chi connectivity index (χ4n) is 6.36. The second-order valence-electron chi connectivity index (χ2n) is 13.4. The van der Waals surface area contributed by atoms with Crippen molar-refractivity contribution in [3.8, 4) is 34.3 Å². The molecule has 2 saturated heterocycles. The number of carbonyl (C=O) groups is 2. The van der Waals surface area contributed by atoms with Gasteiger partial charge in [0.1, 0.15) is 70.6 Å². The van der Waals surface area contributed by atoms with Crippen molar-refractivity contribution in [1.29, 1.82) is 0 Å². The largest absolute Gasteiger partial charge is 0.508 e. The first-order valence-corrected chi connectivity index (χ1v) is 16.4. The quantitative estimate of drug-likeness (QED) is 0.135. The normalized spacial score (nSPS) is 29.5. The summed E-state index contributed by atoms with van der Waals surface area (Å²) in [5.74, 6) is -2.98. The second-order valence-corrected chi connectivity index (χ2v) is 13.4. The standard InChI is InChI=1S/C35H42O17/c1-14(37)12-35(4,5)52-32-27(45)33(46-15(2)28(32)50-34-26(44)30(47-16(3)38)24(42)22(13-36)49-34)51-31-25(43)23-20(41)10-19(40)11-21(23)48-29(31)17-6-8-18(39)9-7-17/h6-11,15,22,24,26-28,30,32-34,36,39-42,44-45H,12-13H2,1-5H3/t15-,22+,24+,26+,27+,28-,30-,32-,33-,34-/m0/s1. The zero-order chi connectivity index (χ0) is 38.2. The molecular weight excluding hydrogens is 692 g/mol. The van der Waals surface area contributed by atoms with Gasteiger partial charge in [-0.3, -0.25) is 14.4 Å². The number of ether oxygens (including phenoxy) is 6. The van der Waals surface area contributed by atoms with E-state index in [0.29, 0.717) is 0 Å². The van der Waals surface area contributed by atoms with Crippen LogP contribution in [0.5, 0.6) is 23.0 Å². The molecule has 7 N–H and O–H groups in total. The number of Topliss-reactive ketones (excluding diaryl/α,β-unsaturated/α-hetero) is 1. The van der Waals surface area contributed by atoms with Crippen LogP contribution in [0.3, 0.4) is 0 Å². The maximum absolute atomic E-state index is 13.9. The Hall–Kier alpha value is -4.33. The fraction of sp³-hybridized carbons (Fsp3) is 0.514. The minimum absolute atomic E-state index is 0.102. The van der Waals surface area contributed by atoms with Crippen molar-refractivity contribution in [1.82, 2.24) is 0 Å². The van der Waals surface area contributed by atoms with Gasteiger partial charge in [0.15, 0.2) is 18.2 Å². The SMILES string of the molecule is CC(=O)CC(C)(C)O[C@H]1[C@@H](O)[C@H](Oc2c(-c3ccc(O)cc3)oc3cc(O)cc(O)c3c2=O)O[C@@H](C)[C@@H]1O[C@@H]1O[C@H](CO)[C@@H](O)[C@H](OC(C)=O)[C@H]1O. The summed E-state index contributed by atoms with van der Waals surface area (Å²) < 4.78 is 41.1. The van der Waals surface area contributed by atoms with Gasteiger partial charge in [-0.1, -0.05) is 0 Å². The first kappa shape index (κ1) is 38.9. The van der Waals surface area contributed by atoms with Gasteiger partial charge in [0.25, 0.3) is 0 Å². The van der Waals surface area contributed by atoms with Crippen LogP contribution in [0.1, 0.15) is 41.0 Å². The summed E-state index contributed by atoms with van der Waals surface area (Å²) in [6.45, 7) is 6.29. The molecule has 2 aliphatic rings. The van der Waals surface area contributed by atoms with E-state index in [-0.39, 0.29) is 40.2 Å². The number of aliphatic hydroxyl groups excluding tert-OH is 4. The van der Waals surface area contributed by atoms with Crippen molar-refractivity contribution in [2.75, 3.05) is 6.61 Å². The van der Waals surface area contributed by atoms with Crippen LogP contribution in [0.2, 0.25) is 0 Å². The smallest absolute Gasteiger partial charge is 0.303 e. The maximum Gasteiger partial charge on any atom is 0.303 e. The zero-order valence-corrected chi connectivity index (χ0v) is 28.9. The van der Waals surface area contributed by atoms with Gasteiger partial charge >= 0.3 is 5.97 Å². The summed E-state index contributed by atoms with van der Waals surface area (Å²) in [4.78, 5) is 37.8. The van der Waals surface area contributed by atoms with Gasteiger partial charge in [0.05, 0.1) is 18.3 Å². The number of phenols is 3. The van der Waals surface area contributed by atoms with Crippen molar-refractivity contribution in [3.05, 3.63) is 46.6 Å². The average molecular weight is 735 g/mol. The highest BCUT2D eigenvalue weighted by molar-refractivity contribution is 5.88. The van der Waals surface area contributed by atoms with Crippen molar-refractivity contribution < 1.29 is 78.2 Å². The Morgan fingerprint density at radius 2 is 1.52 bits per heavy atom. The van der Waals surface area contributed by atoms with Crippen LogP contribution >= 0.6 is 0 Å². The molecular formula is C35H42O17. The molecule has 1 aromatic heterocycles. The third-order valence-electron chi connectivity index (χ3n) is 8.58.